The summed E-state index contributed by atoms with van der Waals surface area (Å²) < 4.78 is 4.86. The molecule has 0 aromatic heterocycles. The first kappa shape index (κ1) is 14.9. The van der Waals surface area contributed by atoms with Crippen LogP contribution in [0.4, 0.5) is 11.4 Å². The third-order valence-corrected chi connectivity index (χ3v) is 2.67. The van der Waals surface area contributed by atoms with Crippen molar-refractivity contribution >= 4 is 17.3 Å². The predicted octanol–water partition coefficient (Wildman–Crippen LogP) is 1.91. The number of nitro benzene ring substituents is 1. The van der Waals surface area contributed by atoms with Crippen molar-refractivity contribution in [1.82, 2.24) is 0 Å². The highest BCUT2D eigenvalue weighted by molar-refractivity contribution is 5.92. The highest BCUT2D eigenvalue weighted by Crippen LogP contribution is 2.31. The smallest absolute Gasteiger partial charge is 0.336 e. The second-order valence-electron chi connectivity index (χ2n) is 3.82. The van der Waals surface area contributed by atoms with E-state index in [1.54, 1.807) is 6.92 Å². The van der Waals surface area contributed by atoms with E-state index in [9.17, 15) is 14.9 Å². The van der Waals surface area contributed by atoms with Gasteiger partial charge in [0.1, 0.15) is 5.69 Å². The van der Waals surface area contributed by atoms with E-state index in [1.807, 2.05) is 0 Å². The number of methoxy groups -OCH3 is 1. The number of rotatable bonds is 7. The zero-order chi connectivity index (χ0) is 14.4. The lowest BCUT2D eigenvalue weighted by atomic mass is 10.0. The van der Waals surface area contributed by atoms with E-state index in [-0.39, 0.29) is 23.2 Å². The van der Waals surface area contributed by atoms with Gasteiger partial charge >= 0.3 is 5.97 Å². The normalized spacial score (nSPS) is 10.2. The lowest BCUT2D eigenvalue weighted by Crippen LogP contribution is -2.12. The lowest BCUT2D eigenvalue weighted by molar-refractivity contribution is -0.384. The molecule has 0 spiro atoms. The SMILES string of the molecule is CCc1c(C(=O)O)ccc(NCCOC)c1[N+](=O)[O-]. The van der Waals surface area contributed by atoms with Gasteiger partial charge in [-0.15, -0.1) is 0 Å². The van der Waals surface area contributed by atoms with Gasteiger partial charge in [0.05, 0.1) is 17.1 Å². The second-order valence-corrected chi connectivity index (χ2v) is 3.82. The van der Waals surface area contributed by atoms with Crippen LogP contribution in [0, 0.1) is 10.1 Å². The maximum atomic E-state index is 11.2. The quantitative estimate of drug-likeness (QED) is 0.445. The maximum absolute atomic E-state index is 11.2. The van der Waals surface area contributed by atoms with Crippen LogP contribution in [0.3, 0.4) is 0 Å². The molecule has 0 atom stereocenters. The van der Waals surface area contributed by atoms with Gasteiger partial charge < -0.3 is 15.2 Å². The van der Waals surface area contributed by atoms with Crippen LogP contribution < -0.4 is 5.32 Å². The molecule has 0 fully saturated rings. The fourth-order valence-corrected chi connectivity index (χ4v) is 1.83. The highest BCUT2D eigenvalue weighted by atomic mass is 16.6. The average Bonchev–Trinajstić information content (AvgIpc) is 2.37. The van der Waals surface area contributed by atoms with Crippen LogP contribution in [0.1, 0.15) is 22.8 Å². The Bertz CT molecular complexity index is 487. The van der Waals surface area contributed by atoms with Crippen molar-refractivity contribution in [2.45, 2.75) is 13.3 Å². The van der Waals surface area contributed by atoms with Crippen molar-refractivity contribution in [3.8, 4) is 0 Å². The number of carboxylic acid groups (broad SMARTS) is 1. The van der Waals surface area contributed by atoms with Crippen LogP contribution in [0.15, 0.2) is 12.1 Å². The molecular weight excluding hydrogens is 252 g/mol. The molecule has 0 unspecified atom stereocenters. The molecule has 1 aromatic rings. The molecule has 104 valence electrons. The zero-order valence-electron chi connectivity index (χ0n) is 10.8. The molecule has 0 saturated heterocycles. The first-order chi connectivity index (χ1) is 9.02. The summed E-state index contributed by atoms with van der Waals surface area (Å²) in [4.78, 5) is 21.7. The average molecular weight is 268 g/mol. The van der Waals surface area contributed by atoms with Crippen molar-refractivity contribution in [3.63, 3.8) is 0 Å². The van der Waals surface area contributed by atoms with E-state index in [0.29, 0.717) is 18.8 Å². The van der Waals surface area contributed by atoms with Gasteiger partial charge in [0.2, 0.25) is 0 Å². The molecule has 2 N–H and O–H groups in total. The number of ether oxygens (including phenoxy) is 1. The minimum absolute atomic E-state index is 0.0357. The first-order valence-electron chi connectivity index (χ1n) is 5.79. The Balaban J connectivity index is 3.25. The van der Waals surface area contributed by atoms with Gasteiger partial charge in [-0.1, -0.05) is 6.92 Å². The van der Waals surface area contributed by atoms with Gasteiger partial charge in [0.25, 0.3) is 5.69 Å². The zero-order valence-corrected chi connectivity index (χ0v) is 10.8. The van der Waals surface area contributed by atoms with Crippen molar-refractivity contribution in [3.05, 3.63) is 33.4 Å². The summed E-state index contributed by atoms with van der Waals surface area (Å²) in [5.41, 5.74) is 0.314. The number of anilines is 1. The van der Waals surface area contributed by atoms with Gasteiger partial charge in [-0.25, -0.2) is 4.79 Å². The summed E-state index contributed by atoms with van der Waals surface area (Å²) in [6.07, 6.45) is 0.276. The molecule has 7 nitrogen and oxygen atoms in total. The van der Waals surface area contributed by atoms with E-state index in [0.717, 1.165) is 0 Å². The summed E-state index contributed by atoms with van der Waals surface area (Å²) >= 11 is 0. The fourth-order valence-electron chi connectivity index (χ4n) is 1.83. The Morgan fingerprint density at radius 2 is 2.21 bits per heavy atom. The van der Waals surface area contributed by atoms with E-state index in [4.69, 9.17) is 9.84 Å². The van der Waals surface area contributed by atoms with Gasteiger partial charge in [-0.05, 0) is 18.6 Å². The van der Waals surface area contributed by atoms with Crippen molar-refractivity contribution < 1.29 is 19.6 Å². The molecular formula is C12H16N2O5. The van der Waals surface area contributed by atoms with Crippen molar-refractivity contribution in [2.24, 2.45) is 0 Å². The number of nitro groups is 1. The van der Waals surface area contributed by atoms with Crippen molar-refractivity contribution in [2.75, 3.05) is 25.6 Å². The Hall–Kier alpha value is -2.15. The third-order valence-electron chi connectivity index (χ3n) is 2.67. The lowest BCUT2D eigenvalue weighted by Gasteiger charge is -2.11. The van der Waals surface area contributed by atoms with E-state index >= 15 is 0 Å². The number of carbonyl (C=O) groups is 1. The monoisotopic (exact) mass is 268 g/mol. The molecule has 0 amide bonds. The van der Waals surface area contributed by atoms with E-state index in [2.05, 4.69) is 5.32 Å². The molecule has 0 heterocycles. The Kier molecular flexibility index (Phi) is 5.25. The van der Waals surface area contributed by atoms with Crippen LogP contribution in [0.5, 0.6) is 0 Å². The van der Waals surface area contributed by atoms with Gasteiger partial charge in [0, 0.05) is 19.2 Å². The van der Waals surface area contributed by atoms with E-state index < -0.39 is 10.9 Å². The maximum Gasteiger partial charge on any atom is 0.336 e. The molecule has 0 aliphatic carbocycles. The number of benzene rings is 1. The van der Waals surface area contributed by atoms with Crippen molar-refractivity contribution in [1.29, 1.82) is 0 Å². The molecule has 0 bridgehead atoms. The molecule has 0 radical (unpaired) electrons. The first-order valence-corrected chi connectivity index (χ1v) is 5.79. The topological polar surface area (TPSA) is 102 Å². The molecule has 19 heavy (non-hydrogen) atoms. The van der Waals surface area contributed by atoms with Gasteiger partial charge in [-0.3, -0.25) is 10.1 Å². The summed E-state index contributed by atoms with van der Waals surface area (Å²) in [7, 11) is 1.53. The number of nitrogens with zero attached hydrogens (tertiary/aromatic N) is 1. The largest absolute Gasteiger partial charge is 0.478 e. The minimum Gasteiger partial charge on any atom is -0.478 e. The highest BCUT2D eigenvalue weighted by Gasteiger charge is 2.24. The molecule has 1 aromatic carbocycles. The molecule has 0 saturated carbocycles. The Morgan fingerprint density at radius 1 is 1.53 bits per heavy atom. The van der Waals surface area contributed by atoms with Crippen LogP contribution >= 0.6 is 0 Å². The van der Waals surface area contributed by atoms with E-state index in [1.165, 1.54) is 19.2 Å². The second kappa shape index (κ2) is 6.69. The van der Waals surface area contributed by atoms with Gasteiger partial charge in [0.15, 0.2) is 0 Å². The molecule has 7 heteroatoms. The van der Waals surface area contributed by atoms with Crippen LogP contribution in [0.25, 0.3) is 0 Å². The molecule has 0 aliphatic rings. The Labute approximate surface area is 110 Å². The van der Waals surface area contributed by atoms with Crippen LogP contribution in [-0.2, 0) is 11.2 Å². The van der Waals surface area contributed by atoms with Crippen LogP contribution in [-0.4, -0.2) is 36.3 Å². The summed E-state index contributed by atoms with van der Waals surface area (Å²) in [5, 5.41) is 23.1. The number of nitrogens with one attached hydrogen (secondary N) is 1. The minimum atomic E-state index is -1.16. The Morgan fingerprint density at radius 3 is 2.68 bits per heavy atom. The van der Waals surface area contributed by atoms with Crippen LogP contribution in [0.2, 0.25) is 0 Å². The summed E-state index contributed by atoms with van der Waals surface area (Å²) in [6, 6.07) is 2.79. The predicted molar refractivity (Wildman–Crippen MR) is 69.8 cm³/mol. The number of hydrogen-bond donors (Lipinski definition) is 2. The fraction of sp³-hybridized carbons (Fsp3) is 0.417. The summed E-state index contributed by atoms with van der Waals surface area (Å²) in [5.74, 6) is -1.16. The third kappa shape index (κ3) is 3.41. The standard InChI is InChI=1S/C12H16N2O5/c1-3-8-9(12(15)16)4-5-10(11(8)14(17)18)13-6-7-19-2/h4-5,13H,3,6-7H2,1-2H3,(H,15,16). The van der Waals surface area contributed by atoms with Gasteiger partial charge in [-0.2, -0.15) is 0 Å². The summed E-state index contributed by atoms with van der Waals surface area (Å²) in [6.45, 7) is 2.50. The number of aromatic carboxylic acids is 1. The number of carboxylic acids is 1. The molecule has 1 rings (SSSR count). The number of hydrogen-bond acceptors (Lipinski definition) is 5. The molecule has 0 aliphatic heterocycles.